The monoisotopic (exact) mass is 311 g/mol. The van der Waals surface area contributed by atoms with Crippen molar-refractivity contribution in [3.8, 4) is 0 Å². The first kappa shape index (κ1) is 15.3. The lowest BCUT2D eigenvalue weighted by molar-refractivity contribution is 0.198. The second-order valence-corrected chi connectivity index (χ2v) is 6.31. The van der Waals surface area contributed by atoms with E-state index in [1.54, 1.807) is 6.92 Å². The summed E-state index contributed by atoms with van der Waals surface area (Å²) >= 11 is 3.52. The Balaban J connectivity index is 3.15. The summed E-state index contributed by atoms with van der Waals surface area (Å²) in [5.74, 6) is 0. The second-order valence-electron chi connectivity index (χ2n) is 5.45. The number of aliphatic hydroxyl groups is 1. The van der Waals surface area contributed by atoms with E-state index in [1.807, 2.05) is 18.2 Å². The number of halogens is 1. The summed E-state index contributed by atoms with van der Waals surface area (Å²) in [6.45, 7) is 12.9. The molecule has 100 valence electrons. The lowest BCUT2D eigenvalue weighted by Crippen LogP contribution is -2.41. The van der Waals surface area contributed by atoms with Gasteiger partial charge in [-0.05, 0) is 45.4 Å². The number of hydrogen-bond donors (Lipinski definition) is 1. The zero-order chi connectivity index (χ0) is 13.9. The Morgan fingerprint density at radius 3 is 2.44 bits per heavy atom. The topological polar surface area (TPSA) is 23.5 Å². The molecule has 18 heavy (non-hydrogen) atoms. The van der Waals surface area contributed by atoms with Crippen molar-refractivity contribution in [2.24, 2.45) is 0 Å². The van der Waals surface area contributed by atoms with Crippen LogP contribution in [0, 0.1) is 0 Å². The van der Waals surface area contributed by atoms with E-state index in [-0.39, 0.29) is 5.54 Å². The number of hydrogen-bond acceptors (Lipinski definition) is 2. The second kappa shape index (κ2) is 5.89. The third kappa shape index (κ3) is 3.59. The van der Waals surface area contributed by atoms with Gasteiger partial charge in [0.05, 0.1) is 6.10 Å². The molecule has 0 aliphatic carbocycles. The van der Waals surface area contributed by atoms with E-state index >= 15 is 0 Å². The fourth-order valence-corrected chi connectivity index (χ4v) is 2.62. The molecule has 1 atom stereocenters. The van der Waals surface area contributed by atoms with Gasteiger partial charge in [0, 0.05) is 22.2 Å². The molecule has 0 aliphatic heterocycles. The van der Waals surface area contributed by atoms with Gasteiger partial charge in [0.25, 0.3) is 0 Å². The molecule has 0 radical (unpaired) electrons. The fourth-order valence-electron chi connectivity index (χ4n) is 1.92. The molecular weight excluding hydrogens is 290 g/mol. The first-order valence-corrected chi connectivity index (χ1v) is 6.92. The normalized spacial score (nSPS) is 13.2. The highest BCUT2D eigenvalue weighted by Crippen LogP contribution is 2.31. The number of anilines is 1. The maximum Gasteiger partial charge on any atom is 0.0772 e. The predicted molar refractivity (Wildman–Crippen MR) is 82.1 cm³/mol. The average molecular weight is 312 g/mol. The Morgan fingerprint density at radius 1 is 1.44 bits per heavy atom. The van der Waals surface area contributed by atoms with Gasteiger partial charge in [-0.15, -0.1) is 6.58 Å². The Labute approximate surface area is 118 Å². The Morgan fingerprint density at radius 2 is 2.06 bits per heavy atom. The van der Waals surface area contributed by atoms with Gasteiger partial charge >= 0.3 is 0 Å². The molecule has 0 aromatic heterocycles. The van der Waals surface area contributed by atoms with Crippen LogP contribution in [0.15, 0.2) is 35.3 Å². The van der Waals surface area contributed by atoms with Gasteiger partial charge in [-0.25, -0.2) is 0 Å². The van der Waals surface area contributed by atoms with Crippen LogP contribution in [0.25, 0.3) is 0 Å². The number of aliphatic hydroxyl groups excluding tert-OH is 1. The van der Waals surface area contributed by atoms with E-state index in [4.69, 9.17) is 0 Å². The number of nitrogens with zero attached hydrogens (tertiary/aromatic N) is 1. The van der Waals surface area contributed by atoms with Gasteiger partial charge < -0.3 is 10.0 Å². The van der Waals surface area contributed by atoms with Crippen LogP contribution < -0.4 is 4.90 Å². The van der Waals surface area contributed by atoms with Crippen molar-refractivity contribution in [2.75, 3.05) is 11.4 Å². The highest BCUT2D eigenvalue weighted by molar-refractivity contribution is 9.10. The largest absolute Gasteiger partial charge is 0.389 e. The van der Waals surface area contributed by atoms with Crippen LogP contribution in [-0.4, -0.2) is 17.2 Å². The van der Waals surface area contributed by atoms with Gasteiger partial charge in [0.1, 0.15) is 0 Å². The zero-order valence-corrected chi connectivity index (χ0v) is 13.2. The van der Waals surface area contributed by atoms with E-state index in [9.17, 15) is 5.11 Å². The van der Waals surface area contributed by atoms with Crippen molar-refractivity contribution >= 4 is 21.6 Å². The highest BCUT2D eigenvalue weighted by Gasteiger charge is 2.21. The van der Waals surface area contributed by atoms with E-state index in [0.717, 1.165) is 22.3 Å². The minimum absolute atomic E-state index is 0.0278. The molecule has 1 aromatic carbocycles. The van der Waals surface area contributed by atoms with Crippen molar-refractivity contribution < 1.29 is 5.11 Å². The van der Waals surface area contributed by atoms with Crippen LogP contribution >= 0.6 is 15.9 Å². The summed E-state index contributed by atoms with van der Waals surface area (Å²) in [5.41, 5.74) is 2.06. The van der Waals surface area contributed by atoms with Crippen LogP contribution in [0.3, 0.4) is 0 Å². The molecule has 0 bridgehead atoms. The average Bonchev–Trinajstić information content (AvgIpc) is 2.23. The van der Waals surface area contributed by atoms with Crippen LogP contribution in [0.5, 0.6) is 0 Å². The lowest BCUT2D eigenvalue weighted by Gasteiger charge is -2.37. The van der Waals surface area contributed by atoms with Crippen molar-refractivity contribution in [3.63, 3.8) is 0 Å². The minimum atomic E-state index is -0.462. The molecule has 3 heteroatoms. The number of rotatable bonds is 4. The molecule has 0 amide bonds. The van der Waals surface area contributed by atoms with Crippen LogP contribution in [0.1, 0.15) is 39.4 Å². The van der Waals surface area contributed by atoms with Crippen LogP contribution in [0.2, 0.25) is 0 Å². The lowest BCUT2D eigenvalue weighted by atomic mass is 10.0. The molecule has 0 fully saturated rings. The van der Waals surface area contributed by atoms with Gasteiger partial charge in [0.15, 0.2) is 0 Å². The summed E-state index contributed by atoms with van der Waals surface area (Å²) in [6.07, 6.45) is 1.44. The van der Waals surface area contributed by atoms with Crippen molar-refractivity contribution in [1.82, 2.24) is 0 Å². The summed E-state index contributed by atoms with van der Waals surface area (Å²) < 4.78 is 0.938. The van der Waals surface area contributed by atoms with E-state index in [2.05, 4.69) is 54.2 Å². The molecule has 0 unspecified atom stereocenters. The molecule has 1 rings (SSSR count). The van der Waals surface area contributed by atoms with E-state index in [1.165, 1.54) is 0 Å². The Hall–Kier alpha value is -0.800. The molecule has 0 saturated carbocycles. The third-order valence-corrected chi connectivity index (χ3v) is 3.55. The Bertz CT molecular complexity index is 421. The van der Waals surface area contributed by atoms with Crippen LogP contribution in [-0.2, 0) is 0 Å². The predicted octanol–water partition coefficient (Wildman–Crippen LogP) is 4.29. The summed E-state index contributed by atoms with van der Waals surface area (Å²) in [6, 6.07) is 6.06. The smallest absolute Gasteiger partial charge is 0.0772 e. The van der Waals surface area contributed by atoms with Crippen molar-refractivity contribution in [2.45, 2.75) is 39.3 Å². The molecule has 0 aliphatic rings. The molecule has 1 aromatic rings. The quantitative estimate of drug-likeness (QED) is 0.838. The van der Waals surface area contributed by atoms with Gasteiger partial charge in [-0.1, -0.05) is 28.1 Å². The summed E-state index contributed by atoms with van der Waals surface area (Å²) in [7, 11) is 0. The minimum Gasteiger partial charge on any atom is -0.389 e. The fraction of sp³-hybridized carbons (Fsp3) is 0.467. The van der Waals surface area contributed by atoms with Gasteiger partial charge in [-0.3, -0.25) is 0 Å². The molecule has 0 spiro atoms. The molecular formula is C15H22BrNO. The van der Waals surface area contributed by atoms with Crippen LogP contribution in [0.4, 0.5) is 5.69 Å². The Kier molecular flexibility index (Phi) is 5.00. The standard InChI is InChI=1S/C15H22BrNO/c1-6-9-17(15(3,4)5)12-7-8-13(11(2)18)14(16)10-12/h6-8,10-11,18H,1,9H2,2-5H3/t11-/m0/s1. The van der Waals surface area contributed by atoms with Gasteiger partial charge in [0.2, 0.25) is 0 Å². The molecule has 0 heterocycles. The van der Waals surface area contributed by atoms with E-state index in [0.29, 0.717) is 0 Å². The molecule has 1 N–H and O–H groups in total. The van der Waals surface area contributed by atoms with Gasteiger partial charge in [-0.2, -0.15) is 0 Å². The highest BCUT2D eigenvalue weighted by atomic mass is 79.9. The van der Waals surface area contributed by atoms with E-state index < -0.39 is 6.10 Å². The van der Waals surface area contributed by atoms with Crippen molar-refractivity contribution in [1.29, 1.82) is 0 Å². The first-order chi connectivity index (χ1) is 8.27. The SMILES string of the molecule is C=CCN(c1ccc([C@H](C)O)c(Br)c1)C(C)(C)C. The maximum atomic E-state index is 9.64. The summed E-state index contributed by atoms with van der Waals surface area (Å²) in [5, 5.41) is 9.64. The third-order valence-electron chi connectivity index (χ3n) is 2.87. The summed E-state index contributed by atoms with van der Waals surface area (Å²) in [4.78, 5) is 2.27. The first-order valence-electron chi connectivity index (χ1n) is 6.13. The number of benzene rings is 1. The maximum absolute atomic E-state index is 9.64. The van der Waals surface area contributed by atoms with Crippen molar-refractivity contribution in [3.05, 3.63) is 40.9 Å². The molecule has 2 nitrogen and oxygen atoms in total. The zero-order valence-electron chi connectivity index (χ0n) is 11.6. The molecule has 0 saturated heterocycles.